The number of carbonyl (C=O) groups is 1. The van der Waals surface area contributed by atoms with Gasteiger partial charge in [0.25, 0.3) is 0 Å². The van der Waals surface area contributed by atoms with Crippen LogP contribution in [0, 0.1) is 6.07 Å². The van der Waals surface area contributed by atoms with Crippen LogP contribution < -0.4 is 5.32 Å². The van der Waals surface area contributed by atoms with Gasteiger partial charge in [-0.1, -0.05) is 12.1 Å². The number of H-pyrrole nitrogens is 1. The molecule has 0 bridgehead atoms. The first-order chi connectivity index (χ1) is 7.84. The first-order valence-corrected chi connectivity index (χ1v) is 5.09. The number of aromatic nitrogens is 2. The quantitative estimate of drug-likeness (QED) is 0.815. The molecule has 2 aromatic rings. The molecule has 0 fully saturated rings. The highest BCUT2D eigenvalue weighted by molar-refractivity contribution is 5.90. The van der Waals surface area contributed by atoms with Crippen molar-refractivity contribution in [1.29, 1.82) is 0 Å². The van der Waals surface area contributed by atoms with Crippen LogP contribution in [0.3, 0.4) is 0 Å². The number of aryl methyl sites for hydroxylation is 1. The van der Waals surface area contributed by atoms with E-state index in [0.29, 0.717) is 12.8 Å². The summed E-state index contributed by atoms with van der Waals surface area (Å²) >= 11 is 0. The highest BCUT2D eigenvalue weighted by Crippen LogP contribution is 2.05. The summed E-state index contributed by atoms with van der Waals surface area (Å²) in [5.74, 6) is 0.819. The molecule has 0 saturated carbocycles. The van der Waals surface area contributed by atoms with Gasteiger partial charge in [-0.15, -0.1) is 0 Å². The number of anilines is 1. The molecule has 2 rings (SSSR count). The maximum Gasteiger partial charge on any atom is 0.224 e. The number of hydrogen-bond acceptors (Lipinski definition) is 2. The van der Waals surface area contributed by atoms with Gasteiger partial charge in [0.15, 0.2) is 0 Å². The summed E-state index contributed by atoms with van der Waals surface area (Å²) in [4.78, 5) is 18.6. The molecule has 1 amide bonds. The van der Waals surface area contributed by atoms with Crippen LogP contribution in [0.1, 0.15) is 12.2 Å². The monoisotopic (exact) mass is 214 g/mol. The van der Waals surface area contributed by atoms with Crippen molar-refractivity contribution < 1.29 is 4.79 Å². The third-order valence-corrected chi connectivity index (χ3v) is 2.15. The lowest BCUT2D eigenvalue weighted by Gasteiger charge is -2.03. The lowest BCUT2D eigenvalue weighted by Crippen LogP contribution is -2.12. The molecule has 2 N–H and O–H groups in total. The Morgan fingerprint density at radius 3 is 2.94 bits per heavy atom. The molecule has 1 aromatic carbocycles. The summed E-state index contributed by atoms with van der Waals surface area (Å²) in [5.41, 5.74) is 0.795. The third-order valence-electron chi connectivity index (χ3n) is 2.15. The fraction of sp³-hybridized carbons (Fsp3) is 0.167. The Labute approximate surface area is 93.7 Å². The van der Waals surface area contributed by atoms with Crippen molar-refractivity contribution in [2.75, 3.05) is 5.32 Å². The number of nitrogens with zero attached hydrogens (tertiary/aromatic N) is 1. The van der Waals surface area contributed by atoms with Gasteiger partial charge >= 0.3 is 0 Å². The van der Waals surface area contributed by atoms with E-state index in [9.17, 15) is 4.79 Å². The predicted octanol–water partition coefficient (Wildman–Crippen LogP) is 1.78. The number of rotatable bonds is 4. The number of nitrogens with one attached hydrogen (secondary N) is 2. The number of aromatic amines is 1. The largest absolute Gasteiger partial charge is 0.349 e. The highest BCUT2D eigenvalue weighted by Gasteiger charge is 2.03. The fourth-order valence-corrected chi connectivity index (χ4v) is 1.36. The van der Waals surface area contributed by atoms with E-state index in [2.05, 4.69) is 21.4 Å². The van der Waals surface area contributed by atoms with Crippen molar-refractivity contribution >= 4 is 11.6 Å². The van der Waals surface area contributed by atoms with Crippen molar-refractivity contribution in [3.05, 3.63) is 48.5 Å². The summed E-state index contributed by atoms with van der Waals surface area (Å²) in [6.07, 6.45) is 4.48. The van der Waals surface area contributed by atoms with Gasteiger partial charge in [-0.25, -0.2) is 4.98 Å². The smallest absolute Gasteiger partial charge is 0.224 e. The number of imidazole rings is 1. The van der Waals surface area contributed by atoms with Crippen LogP contribution in [0.5, 0.6) is 0 Å². The number of benzene rings is 1. The maximum atomic E-state index is 11.5. The average molecular weight is 214 g/mol. The Morgan fingerprint density at radius 1 is 1.44 bits per heavy atom. The molecule has 0 aliphatic heterocycles. The molecule has 0 spiro atoms. The zero-order valence-corrected chi connectivity index (χ0v) is 8.73. The summed E-state index contributed by atoms with van der Waals surface area (Å²) in [7, 11) is 0. The van der Waals surface area contributed by atoms with Crippen molar-refractivity contribution in [2.45, 2.75) is 12.8 Å². The molecule has 16 heavy (non-hydrogen) atoms. The van der Waals surface area contributed by atoms with Gasteiger partial charge in [-0.2, -0.15) is 0 Å². The standard InChI is InChI=1S/C12H12N3O/c16-12(7-6-11-13-8-9-14-11)15-10-4-2-1-3-5-10/h2-5,8-9H,6-7H2,(H,13,14)(H,15,16). The van der Waals surface area contributed by atoms with Crippen LogP contribution in [-0.4, -0.2) is 15.9 Å². The molecule has 0 aliphatic rings. The number of hydrogen-bond donors (Lipinski definition) is 2. The summed E-state index contributed by atoms with van der Waals surface area (Å²) < 4.78 is 0. The summed E-state index contributed by atoms with van der Waals surface area (Å²) in [6, 6.07) is 10.0. The number of carbonyl (C=O) groups excluding carboxylic acids is 1. The molecule has 4 heteroatoms. The van der Waals surface area contributed by atoms with Gasteiger partial charge in [0.1, 0.15) is 5.82 Å². The molecule has 0 aliphatic carbocycles. The molecule has 81 valence electrons. The molecular formula is C12H12N3O. The van der Waals surface area contributed by atoms with E-state index in [1.54, 1.807) is 24.5 Å². The van der Waals surface area contributed by atoms with Crippen LogP contribution in [0.25, 0.3) is 0 Å². The van der Waals surface area contributed by atoms with Crippen molar-refractivity contribution in [3.63, 3.8) is 0 Å². The molecule has 0 atom stereocenters. The minimum atomic E-state index is -0.0115. The third kappa shape index (κ3) is 2.95. The van der Waals surface area contributed by atoms with Crippen LogP contribution in [0.4, 0.5) is 5.69 Å². The SMILES string of the molecule is O=C(CCc1ncc[nH]1)Nc1cc[c]cc1. The van der Waals surface area contributed by atoms with Crippen LogP contribution in [0.2, 0.25) is 0 Å². The predicted molar refractivity (Wildman–Crippen MR) is 60.8 cm³/mol. The Bertz CT molecular complexity index is 437. The van der Waals surface area contributed by atoms with Gasteiger partial charge in [0, 0.05) is 30.9 Å². The van der Waals surface area contributed by atoms with E-state index in [0.717, 1.165) is 11.5 Å². The van der Waals surface area contributed by atoms with Gasteiger partial charge in [-0.3, -0.25) is 4.79 Å². The van der Waals surface area contributed by atoms with Crippen molar-refractivity contribution in [2.24, 2.45) is 0 Å². The number of amides is 1. The fourth-order valence-electron chi connectivity index (χ4n) is 1.36. The topological polar surface area (TPSA) is 57.8 Å². The molecule has 0 saturated heterocycles. The van der Waals surface area contributed by atoms with Gasteiger partial charge < -0.3 is 10.3 Å². The maximum absolute atomic E-state index is 11.5. The zero-order chi connectivity index (χ0) is 11.2. The van der Waals surface area contributed by atoms with E-state index in [1.807, 2.05) is 12.1 Å². The summed E-state index contributed by atoms with van der Waals surface area (Å²) in [6.45, 7) is 0. The average Bonchev–Trinajstić information content (AvgIpc) is 2.81. The van der Waals surface area contributed by atoms with E-state index in [1.165, 1.54) is 0 Å². The lowest BCUT2D eigenvalue weighted by atomic mass is 10.2. The van der Waals surface area contributed by atoms with Gasteiger partial charge in [0.05, 0.1) is 0 Å². The Hall–Kier alpha value is -2.10. The molecule has 1 aromatic heterocycles. The minimum absolute atomic E-state index is 0.0115. The normalized spacial score (nSPS) is 10.0. The van der Waals surface area contributed by atoms with Crippen LogP contribution >= 0.6 is 0 Å². The Kier molecular flexibility index (Phi) is 3.33. The van der Waals surface area contributed by atoms with Crippen molar-refractivity contribution in [1.82, 2.24) is 9.97 Å². The molecule has 0 unspecified atom stereocenters. The van der Waals surface area contributed by atoms with E-state index >= 15 is 0 Å². The van der Waals surface area contributed by atoms with E-state index in [4.69, 9.17) is 0 Å². The van der Waals surface area contributed by atoms with Gasteiger partial charge in [0.2, 0.25) is 5.91 Å². The molecular weight excluding hydrogens is 202 g/mol. The zero-order valence-electron chi connectivity index (χ0n) is 8.73. The lowest BCUT2D eigenvalue weighted by molar-refractivity contribution is -0.116. The molecule has 1 radical (unpaired) electrons. The minimum Gasteiger partial charge on any atom is -0.349 e. The Morgan fingerprint density at radius 2 is 2.25 bits per heavy atom. The highest BCUT2D eigenvalue weighted by atomic mass is 16.1. The molecule has 1 heterocycles. The van der Waals surface area contributed by atoms with Crippen LogP contribution in [-0.2, 0) is 11.2 Å². The van der Waals surface area contributed by atoms with E-state index < -0.39 is 0 Å². The van der Waals surface area contributed by atoms with Crippen molar-refractivity contribution in [3.8, 4) is 0 Å². The Balaban J connectivity index is 1.81. The van der Waals surface area contributed by atoms with Crippen LogP contribution in [0.15, 0.2) is 36.7 Å². The first kappa shape index (κ1) is 10.4. The summed E-state index contributed by atoms with van der Waals surface area (Å²) in [5, 5.41) is 2.80. The second-order valence-electron chi connectivity index (χ2n) is 3.37. The van der Waals surface area contributed by atoms with E-state index in [-0.39, 0.29) is 5.91 Å². The second-order valence-corrected chi connectivity index (χ2v) is 3.37. The second kappa shape index (κ2) is 5.11. The van der Waals surface area contributed by atoms with Gasteiger partial charge in [-0.05, 0) is 18.2 Å². The molecule has 4 nitrogen and oxygen atoms in total. The first-order valence-electron chi connectivity index (χ1n) is 5.09.